The van der Waals surface area contributed by atoms with Crippen LogP contribution < -0.4 is 4.18 Å². The number of benzene rings is 1. The molecule has 0 saturated heterocycles. The van der Waals surface area contributed by atoms with Gasteiger partial charge in [0.1, 0.15) is 5.75 Å². The van der Waals surface area contributed by atoms with Crippen LogP contribution in [0.15, 0.2) is 24.3 Å². The van der Waals surface area contributed by atoms with Crippen molar-refractivity contribution in [1.82, 2.24) is 0 Å². The Labute approximate surface area is 83.6 Å². The first-order chi connectivity index (χ1) is 6.51. The van der Waals surface area contributed by atoms with E-state index < -0.39 is 10.1 Å². The van der Waals surface area contributed by atoms with E-state index in [1.54, 1.807) is 25.3 Å². The average Bonchev–Trinajstić information content (AvgIpc) is 2.02. The standard InChI is InChI=1S/C9H12O4S/c1-12-7-8-4-3-5-9(6-8)13-14(2,10)11/h3-6H,7H2,1-2H3. The van der Waals surface area contributed by atoms with Gasteiger partial charge in [0.15, 0.2) is 0 Å². The third kappa shape index (κ3) is 3.76. The third-order valence-electron chi connectivity index (χ3n) is 1.46. The van der Waals surface area contributed by atoms with Crippen LogP contribution in [0.4, 0.5) is 0 Å². The Bertz CT molecular complexity index is 397. The van der Waals surface area contributed by atoms with Crippen LogP contribution in [-0.4, -0.2) is 21.8 Å². The number of rotatable bonds is 4. The molecule has 0 fully saturated rings. The highest BCUT2D eigenvalue weighted by Gasteiger charge is 2.04. The molecular weight excluding hydrogens is 204 g/mol. The van der Waals surface area contributed by atoms with Crippen molar-refractivity contribution in [3.8, 4) is 5.75 Å². The number of methoxy groups -OCH3 is 1. The second kappa shape index (κ2) is 4.43. The minimum Gasteiger partial charge on any atom is -0.383 e. The monoisotopic (exact) mass is 216 g/mol. The van der Waals surface area contributed by atoms with Gasteiger partial charge in [-0.25, -0.2) is 0 Å². The maximum atomic E-state index is 10.8. The zero-order chi connectivity index (χ0) is 10.6. The Morgan fingerprint density at radius 1 is 1.36 bits per heavy atom. The molecule has 0 aliphatic carbocycles. The Morgan fingerprint density at radius 3 is 2.64 bits per heavy atom. The molecule has 0 unspecified atom stereocenters. The van der Waals surface area contributed by atoms with E-state index in [1.807, 2.05) is 6.07 Å². The van der Waals surface area contributed by atoms with Crippen LogP contribution >= 0.6 is 0 Å². The summed E-state index contributed by atoms with van der Waals surface area (Å²) in [6.07, 6.45) is 1.01. The number of hydrogen-bond donors (Lipinski definition) is 0. The van der Waals surface area contributed by atoms with E-state index in [1.165, 1.54) is 0 Å². The average molecular weight is 216 g/mol. The predicted molar refractivity (Wildman–Crippen MR) is 52.6 cm³/mol. The lowest BCUT2D eigenvalue weighted by atomic mass is 10.2. The van der Waals surface area contributed by atoms with Crippen molar-refractivity contribution in [1.29, 1.82) is 0 Å². The van der Waals surface area contributed by atoms with E-state index in [2.05, 4.69) is 0 Å². The Kier molecular flexibility index (Phi) is 3.49. The summed E-state index contributed by atoms with van der Waals surface area (Å²) in [6.45, 7) is 0.432. The van der Waals surface area contributed by atoms with Gasteiger partial charge in [-0.05, 0) is 17.7 Å². The van der Waals surface area contributed by atoms with Crippen LogP contribution in [0.3, 0.4) is 0 Å². The first-order valence-electron chi connectivity index (χ1n) is 3.98. The highest BCUT2D eigenvalue weighted by Crippen LogP contribution is 2.15. The van der Waals surface area contributed by atoms with Crippen LogP contribution in [0, 0.1) is 0 Å². The highest BCUT2D eigenvalue weighted by atomic mass is 32.2. The number of ether oxygens (including phenoxy) is 1. The van der Waals surface area contributed by atoms with Crippen molar-refractivity contribution in [2.24, 2.45) is 0 Å². The lowest BCUT2D eigenvalue weighted by molar-refractivity contribution is 0.184. The summed E-state index contributed by atoms with van der Waals surface area (Å²) in [6, 6.07) is 6.76. The fourth-order valence-electron chi connectivity index (χ4n) is 1.03. The molecule has 78 valence electrons. The van der Waals surface area contributed by atoms with E-state index in [0.717, 1.165) is 11.8 Å². The highest BCUT2D eigenvalue weighted by molar-refractivity contribution is 7.86. The van der Waals surface area contributed by atoms with Crippen molar-refractivity contribution in [2.45, 2.75) is 6.61 Å². The zero-order valence-electron chi connectivity index (χ0n) is 8.06. The maximum Gasteiger partial charge on any atom is 0.306 e. The fourth-order valence-corrected chi connectivity index (χ4v) is 1.48. The van der Waals surface area contributed by atoms with E-state index in [9.17, 15) is 8.42 Å². The second-order valence-electron chi connectivity index (χ2n) is 2.87. The molecule has 0 heterocycles. The van der Waals surface area contributed by atoms with Crippen molar-refractivity contribution in [3.05, 3.63) is 29.8 Å². The lowest BCUT2D eigenvalue weighted by Gasteiger charge is -2.04. The van der Waals surface area contributed by atoms with Crippen LogP contribution in [0.2, 0.25) is 0 Å². The van der Waals surface area contributed by atoms with Crippen molar-refractivity contribution >= 4 is 10.1 Å². The Balaban J connectivity index is 2.83. The molecule has 14 heavy (non-hydrogen) atoms. The topological polar surface area (TPSA) is 52.6 Å². The largest absolute Gasteiger partial charge is 0.383 e. The van der Waals surface area contributed by atoms with Gasteiger partial charge >= 0.3 is 10.1 Å². The molecule has 4 nitrogen and oxygen atoms in total. The molecule has 0 aliphatic heterocycles. The molecule has 0 saturated carbocycles. The molecule has 1 aromatic rings. The molecule has 0 aromatic heterocycles. The fraction of sp³-hybridized carbons (Fsp3) is 0.333. The normalized spacial score (nSPS) is 11.3. The summed E-state index contributed by atoms with van der Waals surface area (Å²) in [5, 5.41) is 0. The molecule has 0 spiro atoms. The van der Waals surface area contributed by atoms with Gasteiger partial charge in [-0.3, -0.25) is 0 Å². The van der Waals surface area contributed by atoms with Gasteiger partial charge in [0, 0.05) is 7.11 Å². The smallest absolute Gasteiger partial charge is 0.306 e. The van der Waals surface area contributed by atoms with E-state index in [0.29, 0.717) is 12.4 Å². The molecular formula is C9H12O4S. The minimum atomic E-state index is -3.45. The molecule has 0 aliphatic rings. The van der Waals surface area contributed by atoms with E-state index in [4.69, 9.17) is 8.92 Å². The predicted octanol–water partition coefficient (Wildman–Crippen LogP) is 1.17. The van der Waals surface area contributed by atoms with Gasteiger partial charge in [0.25, 0.3) is 0 Å². The summed E-state index contributed by atoms with van der Waals surface area (Å²) in [5.41, 5.74) is 0.869. The SMILES string of the molecule is COCc1cccc(OS(C)(=O)=O)c1. The molecule has 0 radical (unpaired) electrons. The van der Waals surface area contributed by atoms with Crippen molar-refractivity contribution in [3.63, 3.8) is 0 Å². The Hall–Kier alpha value is -1.07. The molecule has 1 aromatic carbocycles. The summed E-state index contributed by atoms with van der Waals surface area (Å²) < 4.78 is 31.2. The first kappa shape index (κ1) is 11.0. The van der Waals surface area contributed by atoms with Crippen LogP contribution in [-0.2, 0) is 21.5 Å². The minimum absolute atomic E-state index is 0.307. The zero-order valence-corrected chi connectivity index (χ0v) is 8.87. The second-order valence-corrected chi connectivity index (χ2v) is 4.44. The van der Waals surface area contributed by atoms with Crippen molar-refractivity contribution in [2.75, 3.05) is 13.4 Å². The summed E-state index contributed by atoms with van der Waals surface area (Å²) >= 11 is 0. The molecule has 5 heteroatoms. The van der Waals surface area contributed by atoms with Gasteiger partial charge in [0.05, 0.1) is 12.9 Å². The van der Waals surface area contributed by atoms with Crippen LogP contribution in [0.1, 0.15) is 5.56 Å². The van der Waals surface area contributed by atoms with Gasteiger partial charge in [-0.1, -0.05) is 12.1 Å². The Morgan fingerprint density at radius 2 is 2.07 bits per heavy atom. The molecule has 0 bridgehead atoms. The quantitative estimate of drug-likeness (QED) is 0.709. The molecule has 1 rings (SSSR count). The molecule has 0 N–H and O–H groups in total. The summed E-state index contributed by atoms with van der Waals surface area (Å²) in [7, 11) is -1.88. The number of hydrogen-bond acceptors (Lipinski definition) is 4. The maximum absolute atomic E-state index is 10.8. The van der Waals surface area contributed by atoms with Gasteiger partial charge in [-0.2, -0.15) is 8.42 Å². The molecule has 0 atom stereocenters. The molecule has 0 amide bonds. The van der Waals surface area contributed by atoms with Crippen LogP contribution in [0.5, 0.6) is 5.75 Å². The summed E-state index contributed by atoms with van der Waals surface area (Å²) in [4.78, 5) is 0. The van der Waals surface area contributed by atoms with E-state index >= 15 is 0 Å². The first-order valence-corrected chi connectivity index (χ1v) is 5.80. The van der Waals surface area contributed by atoms with Gasteiger partial charge in [-0.15, -0.1) is 0 Å². The van der Waals surface area contributed by atoms with E-state index in [-0.39, 0.29) is 0 Å². The van der Waals surface area contributed by atoms with Crippen LogP contribution in [0.25, 0.3) is 0 Å². The van der Waals surface area contributed by atoms with Gasteiger partial charge in [0.2, 0.25) is 0 Å². The third-order valence-corrected chi connectivity index (χ3v) is 1.95. The summed E-state index contributed by atoms with van der Waals surface area (Å²) in [5.74, 6) is 0.307. The van der Waals surface area contributed by atoms with Gasteiger partial charge < -0.3 is 8.92 Å². The van der Waals surface area contributed by atoms with Crippen molar-refractivity contribution < 1.29 is 17.3 Å². The lowest BCUT2D eigenvalue weighted by Crippen LogP contribution is -2.05.